The lowest BCUT2D eigenvalue weighted by Gasteiger charge is -2.24. The van der Waals surface area contributed by atoms with Crippen molar-refractivity contribution < 1.29 is 0 Å². The molecule has 0 aromatic carbocycles. The summed E-state index contributed by atoms with van der Waals surface area (Å²) in [5, 5.41) is 0. The highest BCUT2D eigenvalue weighted by molar-refractivity contribution is 4.89. The summed E-state index contributed by atoms with van der Waals surface area (Å²) in [6, 6.07) is 1.58. The van der Waals surface area contributed by atoms with Gasteiger partial charge in [0, 0.05) is 12.1 Å². The summed E-state index contributed by atoms with van der Waals surface area (Å²) in [4.78, 5) is 5.06. The van der Waals surface area contributed by atoms with Crippen molar-refractivity contribution in [3.05, 3.63) is 0 Å². The van der Waals surface area contributed by atoms with Crippen LogP contribution in [0.5, 0.6) is 0 Å². The van der Waals surface area contributed by atoms with Gasteiger partial charge in [-0.05, 0) is 26.4 Å². The highest BCUT2D eigenvalue weighted by Gasteiger charge is 2.34. The molecule has 2 heteroatoms. The second-order valence-corrected chi connectivity index (χ2v) is 3.75. The Labute approximate surface area is 76.5 Å². The summed E-state index contributed by atoms with van der Waals surface area (Å²) in [7, 11) is 2.24. The van der Waals surface area contributed by atoms with Gasteiger partial charge >= 0.3 is 0 Å². The molecule has 2 unspecified atom stereocenters. The predicted molar refractivity (Wildman–Crippen MR) is 53.2 cm³/mol. The van der Waals surface area contributed by atoms with Gasteiger partial charge in [-0.1, -0.05) is 20.8 Å². The Hall–Kier alpha value is -0.0800. The van der Waals surface area contributed by atoms with Crippen LogP contribution < -0.4 is 0 Å². The average Bonchev–Trinajstić information content (AvgIpc) is 2.40. The molecule has 0 N–H and O–H groups in total. The lowest BCUT2D eigenvalue weighted by atomic mass is 10.0. The van der Waals surface area contributed by atoms with Crippen molar-refractivity contribution in [2.75, 3.05) is 20.3 Å². The molecule has 2 nitrogen and oxygen atoms in total. The Morgan fingerprint density at radius 3 is 2.08 bits per heavy atom. The van der Waals surface area contributed by atoms with E-state index in [9.17, 15) is 0 Å². The number of likely N-dealkylation sites (N-methyl/N-ethyl adjacent to an activating group) is 2. The third kappa shape index (κ3) is 1.64. The first-order chi connectivity index (χ1) is 5.74. The van der Waals surface area contributed by atoms with Gasteiger partial charge in [0.2, 0.25) is 0 Å². The maximum absolute atomic E-state index is 2.58. The van der Waals surface area contributed by atoms with E-state index in [2.05, 4.69) is 37.6 Å². The van der Waals surface area contributed by atoms with Crippen molar-refractivity contribution >= 4 is 0 Å². The standard InChI is InChI=1S/C10H22N2/c1-5-9-10(6-2)12(7-3)8-11(9)4/h9-10H,5-8H2,1-4H3. The average molecular weight is 170 g/mol. The summed E-state index contributed by atoms with van der Waals surface area (Å²) >= 11 is 0. The maximum Gasteiger partial charge on any atom is 0.0509 e. The number of nitrogens with zero attached hydrogens (tertiary/aromatic N) is 2. The topological polar surface area (TPSA) is 6.48 Å². The Kier molecular flexibility index (Phi) is 3.53. The van der Waals surface area contributed by atoms with Crippen LogP contribution in [-0.2, 0) is 0 Å². The zero-order valence-electron chi connectivity index (χ0n) is 8.88. The molecule has 0 aliphatic carbocycles. The number of rotatable bonds is 3. The molecule has 0 aromatic rings. The molecule has 1 heterocycles. The van der Waals surface area contributed by atoms with E-state index in [1.807, 2.05) is 0 Å². The molecule has 0 radical (unpaired) electrons. The third-order valence-corrected chi connectivity index (χ3v) is 3.13. The molecule has 72 valence electrons. The summed E-state index contributed by atoms with van der Waals surface area (Å²) in [6.07, 6.45) is 2.57. The van der Waals surface area contributed by atoms with Gasteiger partial charge in [0.15, 0.2) is 0 Å². The first kappa shape index (κ1) is 10.0. The van der Waals surface area contributed by atoms with E-state index < -0.39 is 0 Å². The van der Waals surface area contributed by atoms with E-state index in [0.29, 0.717) is 0 Å². The molecule has 12 heavy (non-hydrogen) atoms. The van der Waals surface area contributed by atoms with Crippen molar-refractivity contribution in [3.8, 4) is 0 Å². The maximum atomic E-state index is 2.58. The van der Waals surface area contributed by atoms with E-state index in [1.165, 1.54) is 19.4 Å². The lowest BCUT2D eigenvalue weighted by Crippen LogP contribution is -2.35. The summed E-state index contributed by atoms with van der Waals surface area (Å²) in [6.45, 7) is 9.21. The van der Waals surface area contributed by atoms with E-state index in [4.69, 9.17) is 0 Å². The van der Waals surface area contributed by atoms with Gasteiger partial charge in [-0.15, -0.1) is 0 Å². The Morgan fingerprint density at radius 1 is 1.08 bits per heavy atom. The van der Waals surface area contributed by atoms with E-state index >= 15 is 0 Å². The van der Waals surface area contributed by atoms with Gasteiger partial charge in [0.1, 0.15) is 0 Å². The van der Waals surface area contributed by atoms with Crippen LogP contribution in [-0.4, -0.2) is 42.1 Å². The molecule has 0 saturated carbocycles. The van der Waals surface area contributed by atoms with Gasteiger partial charge < -0.3 is 0 Å². The van der Waals surface area contributed by atoms with Crippen molar-refractivity contribution in [1.29, 1.82) is 0 Å². The van der Waals surface area contributed by atoms with Crippen LogP contribution in [0.15, 0.2) is 0 Å². The Bertz CT molecular complexity index is 136. The molecule has 0 amide bonds. The minimum absolute atomic E-state index is 0.787. The first-order valence-corrected chi connectivity index (χ1v) is 5.18. The molecule has 1 aliphatic heterocycles. The second-order valence-electron chi connectivity index (χ2n) is 3.75. The highest BCUT2D eigenvalue weighted by Crippen LogP contribution is 2.23. The van der Waals surface area contributed by atoms with Gasteiger partial charge in [-0.3, -0.25) is 9.80 Å². The fourth-order valence-corrected chi connectivity index (χ4v) is 2.48. The first-order valence-electron chi connectivity index (χ1n) is 5.18. The van der Waals surface area contributed by atoms with Gasteiger partial charge in [0.25, 0.3) is 0 Å². The van der Waals surface area contributed by atoms with Crippen molar-refractivity contribution in [1.82, 2.24) is 9.80 Å². The van der Waals surface area contributed by atoms with Crippen LogP contribution in [0.2, 0.25) is 0 Å². The molecule has 0 spiro atoms. The van der Waals surface area contributed by atoms with E-state index in [1.54, 1.807) is 0 Å². The highest BCUT2D eigenvalue weighted by atomic mass is 15.4. The number of hydrogen-bond donors (Lipinski definition) is 0. The summed E-state index contributed by atoms with van der Waals surface area (Å²) in [5.74, 6) is 0. The zero-order chi connectivity index (χ0) is 9.14. The molecular weight excluding hydrogens is 148 g/mol. The third-order valence-electron chi connectivity index (χ3n) is 3.13. The van der Waals surface area contributed by atoms with Crippen molar-refractivity contribution in [2.24, 2.45) is 0 Å². The van der Waals surface area contributed by atoms with Crippen LogP contribution in [0.25, 0.3) is 0 Å². The SMILES string of the molecule is CCC1C(CC)N(CC)CN1C. The monoisotopic (exact) mass is 170 g/mol. The van der Waals surface area contributed by atoms with Crippen molar-refractivity contribution in [2.45, 2.75) is 45.7 Å². The minimum Gasteiger partial charge on any atom is -0.289 e. The fraction of sp³-hybridized carbons (Fsp3) is 1.00. The molecule has 0 bridgehead atoms. The molecule has 1 aliphatic rings. The molecule has 1 fully saturated rings. The van der Waals surface area contributed by atoms with Gasteiger partial charge in [-0.25, -0.2) is 0 Å². The van der Waals surface area contributed by atoms with E-state index in [0.717, 1.165) is 18.8 Å². The zero-order valence-corrected chi connectivity index (χ0v) is 8.88. The van der Waals surface area contributed by atoms with Crippen LogP contribution in [0.1, 0.15) is 33.6 Å². The molecular formula is C10H22N2. The summed E-state index contributed by atoms with van der Waals surface area (Å²) < 4.78 is 0. The minimum atomic E-state index is 0.787. The van der Waals surface area contributed by atoms with Crippen LogP contribution in [0.4, 0.5) is 0 Å². The largest absolute Gasteiger partial charge is 0.289 e. The summed E-state index contributed by atoms with van der Waals surface area (Å²) in [5.41, 5.74) is 0. The lowest BCUT2D eigenvalue weighted by molar-refractivity contribution is 0.243. The van der Waals surface area contributed by atoms with Crippen LogP contribution in [0, 0.1) is 0 Å². The number of hydrogen-bond acceptors (Lipinski definition) is 2. The van der Waals surface area contributed by atoms with Gasteiger partial charge in [-0.2, -0.15) is 0 Å². The van der Waals surface area contributed by atoms with Gasteiger partial charge in [0.05, 0.1) is 6.67 Å². The molecule has 2 atom stereocenters. The van der Waals surface area contributed by atoms with Crippen LogP contribution >= 0.6 is 0 Å². The Morgan fingerprint density at radius 2 is 1.67 bits per heavy atom. The quantitative estimate of drug-likeness (QED) is 0.637. The molecule has 1 saturated heterocycles. The van der Waals surface area contributed by atoms with Crippen molar-refractivity contribution in [3.63, 3.8) is 0 Å². The molecule has 1 rings (SSSR count). The van der Waals surface area contributed by atoms with Crippen LogP contribution in [0.3, 0.4) is 0 Å². The second kappa shape index (κ2) is 4.24. The smallest absolute Gasteiger partial charge is 0.0509 e. The van der Waals surface area contributed by atoms with E-state index in [-0.39, 0.29) is 0 Å². The predicted octanol–water partition coefficient (Wildman–Crippen LogP) is 1.77. The Balaban J connectivity index is 2.61. The fourth-order valence-electron chi connectivity index (χ4n) is 2.48. The normalized spacial score (nSPS) is 33.0. The molecule has 0 aromatic heterocycles.